The number of fused-ring (bicyclic) bond motifs is 2. The van der Waals surface area contributed by atoms with Gasteiger partial charge in [0, 0.05) is 30.9 Å². The van der Waals surface area contributed by atoms with Gasteiger partial charge in [0.2, 0.25) is 0 Å². The smallest absolute Gasteiger partial charge is 0.129 e. The highest BCUT2D eigenvalue weighted by atomic mass is 16.5. The lowest BCUT2D eigenvalue weighted by molar-refractivity contribution is -0.916. The Labute approximate surface area is 148 Å². The number of benzene rings is 1. The number of quaternary nitrogens is 1. The van der Waals surface area contributed by atoms with Crippen LogP contribution in [0.4, 0.5) is 5.69 Å². The second-order valence-corrected chi connectivity index (χ2v) is 9.08. The van der Waals surface area contributed by atoms with Gasteiger partial charge in [-0.15, -0.1) is 0 Å². The first-order valence-corrected chi connectivity index (χ1v) is 10.00. The largest absolute Gasteiger partial charge is 0.374 e. The van der Waals surface area contributed by atoms with Crippen LogP contribution in [0.2, 0.25) is 0 Å². The molecule has 2 N–H and O–H groups in total. The molecule has 6 aliphatic rings. The van der Waals surface area contributed by atoms with E-state index in [9.17, 15) is 5.11 Å². The number of aliphatic hydroxyl groups excluding tert-OH is 1. The maximum atomic E-state index is 11.1. The summed E-state index contributed by atoms with van der Waals surface area (Å²) in [5.41, 5.74) is 4.71. The van der Waals surface area contributed by atoms with Crippen molar-refractivity contribution in [2.24, 2.45) is 11.8 Å². The molecule has 4 heteroatoms. The van der Waals surface area contributed by atoms with E-state index in [0.717, 1.165) is 13.0 Å². The first kappa shape index (κ1) is 13.8. The number of para-hydroxylation sites is 1. The lowest BCUT2D eigenvalue weighted by Gasteiger charge is -2.58. The number of nitrogens with one attached hydrogen (secondary N) is 1. The summed E-state index contributed by atoms with van der Waals surface area (Å²) >= 11 is 0. The van der Waals surface area contributed by atoms with E-state index in [1.807, 2.05) is 0 Å². The predicted octanol–water partition coefficient (Wildman–Crippen LogP) is 0.467. The van der Waals surface area contributed by atoms with Gasteiger partial charge in [-0.25, -0.2) is 0 Å². The molecule has 3 saturated heterocycles. The van der Waals surface area contributed by atoms with Crippen molar-refractivity contribution in [2.75, 3.05) is 24.6 Å². The molecule has 5 heterocycles. The summed E-state index contributed by atoms with van der Waals surface area (Å²) in [4.78, 5) is 4.20. The van der Waals surface area contributed by atoms with Gasteiger partial charge < -0.3 is 19.6 Å². The van der Waals surface area contributed by atoms with E-state index in [2.05, 4.69) is 35.2 Å². The summed E-state index contributed by atoms with van der Waals surface area (Å²) in [6.07, 6.45) is 5.53. The molecule has 0 aromatic heterocycles. The summed E-state index contributed by atoms with van der Waals surface area (Å²) in [7, 11) is 0. The van der Waals surface area contributed by atoms with Crippen LogP contribution in [0.1, 0.15) is 24.8 Å². The highest BCUT2D eigenvalue weighted by Crippen LogP contribution is 2.62. The Hall–Kier alpha value is -1.36. The molecule has 4 fully saturated rings. The molecule has 1 saturated carbocycles. The van der Waals surface area contributed by atoms with Gasteiger partial charge in [-0.2, -0.15) is 0 Å². The molecule has 1 aliphatic carbocycles. The zero-order chi connectivity index (χ0) is 16.3. The molecule has 1 aromatic carbocycles. The average molecular weight is 337 g/mol. The van der Waals surface area contributed by atoms with Crippen molar-refractivity contribution < 1.29 is 14.7 Å². The van der Waals surface area contributed by atoms with Crippen LogP contribution in [-0.4, -0.2) is 49.2 Å². The van der Waals surface area contributed by atoms with Crippen LogP contribution in [0.25, 0.3) is 0 Å². The van der Waals surface area contributed by atoms with Crippen LogP contribution < -0.4 is 9.80 Å². The number of aliphatic hydroxyl groups is 1. The van der Waals surface area contributed by atoms with E-state index in [1.54, 1.807) is 10.5 Å². The Bertz CT molecular complexity index is 807. The maximum absolute atomic E-state index is 11.1. The van der Waals surface area contributed by atoms with Crippen molar-refractivity contribution in [3.05, 3.63) is 41.5 Å². The molecule has 2 bridgehead atoms. The summed E-state index contributed by atoms with van der Waals surface area (Å²) in [6.45, 7) is 3.24. The van der Waals surface area contributed by atoms with Gasteiger partial charge in [-0.05, 0) is 23.1 Å². The molecule has 0 radical (unpaired) electrons. The SMILES string of the molecule is OC1C[C@@H]2OCC=C3C[NH+]4CC[C@]56c7ccccc7N1[C@H]5[C@H]2[C@H]3C[C@H]46. The molecular weight excluding hydrogens is 312 g/mol. The monoisotopic (exact) mass is 337 g/mol. The molecule has 130 valence electrons. The predicted molar refractivity (Wildman–Crippen MR) is 93.5 cm³/mol. The molecule has 2 unspecified atom stereocenters. The Morgan fingerprint density at radius 2 is 2.16 bits per heavy atom. The van der Waals surface area contributed by atoms with Crippen molar-refractivity contribution in [3.8, 4) is 0 Å². The van der Waals surface area contributed by atoms with E-state index in [4.69, 9.17) is 4.74 Å². The molecular formula is C21H25N2O2+. The fourth-order valence-corrected chi connectivity index (χ4v) is 7.91. The van der Waals surface area contributed by atoms with Crippen LogP contribution in [0.15, 0.2) is 35.9 Å². The number of hydrogen-bond acceptors (Lipinski definition) is 3. The van der Waals surface area contributed by atoms with E-state index in [1.165, 1.54) is 37.2 Å². The second kappa shape index (κ2) is 4.30. The van der Waals surface area contributed by atoms with Crippen LogP contribution in [0, 0.1) is 11.8 Å². The number of nitrogens with zero attached hydrogens (tertiary/aromatic N) is 1. The summed E-state index contributed by atoms with van der Waals surface area (Å²) in [5.74, 6) is 1.21. The standard InChI is InChI=1S/C21H24N2O2/c24-18-10-16-19-13-9-17-21(6-7-22(17)11-12(13)5-8-25-16)14-3-1-2-4-15(14)23(18)20(19)21/h1-5,13,16-20,24H,6-11H2/p+1/t13-,16-,17-,18?,19-,20-,21+/m0/s1. The molecule has 5 aliphatic heterocycles. The van der Waals surface area contributed by atoms with Gasteiger partial charge in [-0.1, -0.05) is 24.3 Å². The van der Waals surface area contributed by atoms with E-state index >= 15 is 0 Å². The Balaban J connectivity index is 1.54. The minimum Gasteiger partial charge on any atom is -0.374 e. The van der Waals surface area contributed by atoms with Gasteiger partial charge >= 0.3 is 0 Å². The van der Waals surface area contributed by atoms with Crippen molar-refractivity contribution in [2.45, 2.75) is 49.1 Å². The highest BCUT2D eigenvalue weighted by Gasteiger charge is 2.72. The lowest BCUT2D eigenvalue weighted by Crippen LogP contribution is -3.16. The van der Waals surface area contributed by atoms with E-state index in [0.29, 0.717) is 23.9 Å². The fraction of sp³-hybridized carbons (Fsp3) is 0.619. The minimum atomic E-state index is -0.406. The number of piperidine rings is 2. The molecule has 0 amide bonds. The molecule has 7 rings (SSSR count). The average Bonchev–Trinajstić information content (AvgIpc) is 3.10. The maximum Gasteiger partial charge on any atom is 0.129 e. The lowest BCUT2D eigenvalue weighted by atomic mass is 9.53. The van der Waals surface area contributed by atoms with Gasteiger partial charge in [0.15, 0.2) is 0 Å². The highest BCUT2D eigenvalue weighted by molar-refractivity contribution is 5.67. The topological polar surface area (TPSA) is 37.1 Å². The quantitative estimate of drug-likeness (QED) is 0.676. The summed E-state index contributed by atoms with van der Waals surface area (Å²) in [5, 5.41) is 11.1. The Morgan fingerprint density at radius 3 is 3.12 bits per heavy atom. The zero-order valence-corrected chi connectivity index (χ0v) is 14.4. The Morgan fingerprint density at radius 1 is 1.24 bits per heavy atom. The minimum absolute atomic E-state index is 0.212. The molecule has 1 spiro atoms. The van der Waals surface area contributed by atoms with Crippen molar-refractivity contribution in [1.29, 1.82) is 0 Å². The Kier molecular flexibility index (Phi) is 2.37. The summed E-state index contributed by atoms with van der Waals surface area (Å²) in [6, 6.07) is 10.1. The first-order chi connectivity index (χ1) is 12.3. The van der Waals surface area contributed by atoms with Gasteiger partial charge in [-0.3, -0.25) is 0 Å². The van der Waals surface area contributed by atoms with Crippen molar-refractivity contribution in [3.63, 3.8) is 0 Å². The van der Waals surface area contributed by atoms with E-state index in [-0.39, 0.29) is 11.5 Å². The third-order valence-electron chi connectivity index (χ3n) is 8.56. The van der Waals surface area contributed by atoms with Crippen molar-refractivity contribution in [1.82, 2.24) is 0 Å². The van der Waals surface area contributed by atoms with Gasteiger partial charge in [0.1, 0.15) is 12.3 Å². The molecule has 1 aromatic rings. The fourth-order valence-electron chi connectivity index (χ4n) is 7.91. The number of rotatable bonds is 0. The first-order valence-electron chi connectivity index (χ1n) is 10.00. The second-order valence-electron chi connectivity index (χ2n) is 9.08. The van der Waals surface area contributed by atoms with Crippen LogP contribution in [0.3, 0.4) is 0 Å². The molecule has 8 atom stereocenters. The van der Waals surface area contributed by atoms with Crippen LogP contribution >= 0.6 is 0 Å². The third kappa shape index (κ3) is 1.38. The van der Waals surface area contributed by atoms with Gasteiger partial charge in [0.25, 0.3) is 0 Å². The normalized spacial score (nSPS) is 51.0. The van der Waals surface area contributed by atoms with E-state index < -0.39 is 6.23 Å². The number of hydrogen-bond donors (Lipinski definition) is 2. The third-order valence-corrected chi connectivity index (χ3v) is 8.56. The summed E-state index contributed by atoms with van der Waals surface area (Å²) < 4.78 is 6.32. The van der Waals surface area contributed by atoms with Crippen molar-refractivity contribution >= 4 is 5.69 Å². The van der Waals surface area contributed by atoms with Gasteiger partial charge in [0.05, 0.1) is 37.3 Å². The number of ether oxygens (including phenoxy) is 1. The van der Waals surface area contributed by atoms with Crippen LogP contribution in [-0.2, 0) is 10.2 Å². The molecule has 25 heavy (non-hydrogen) atoms. The molecule has 4 nitrogen and oxygen atoms in total. The van der Waals surface area contributed by atoms with Crippen LogP contribution in [0.5, 0.6) is 0 Å². The number of anilines is 1. The zero-order valence-electron chi connectivity index (χ0n) is 14.4.